The maximum Gasteiger partial charge on any atom is 0.151 e. The molecule has 64 valence electrons. The third kappa shape index (κ3) is 0.805. The van der Waals surface area contributed by atoms with Crippen LogP contribution in [-0.2, 0) is 9.84 Å². The molecule has 0 aromatic rings. The van der Waals surface area contributed by atoms with Gasteiger partial charge in [-0.3, -0.25) is 0 Å². The standard InChI is InChI=1S/C8H14O2S/c1-6-3-7(2)8(6)4-11(9,10)5-8/h6-7H,3-5H2,1-2H3. The maximum absolute atomic E-state index is 11.0. The van der Waals surface area contributed by atoms with Crippen molar-refractivity contribution in [3.63, 3.8) is 0 Å². The number of hydrogen-bond donors (Lipinski definition) is 0. The van der Waals surface area contributed by atoms with Crippen molar-refractivity contribution in [1.82, 2.24) is 0 Å². The molecule has 2 atom stereocenters. The van der Waals surface area contributed by atoms with Gasteiger partial charge in [-0.1, -0.05) is 13.8 Å². The van der Waals surface area contributed by atoms with E-state index in [0.29, 0.717) is 23.3 Å². The van der Waals surface area contributed by atoms with E-state index >= 15 is 0 Å². The molecule has 2 unspecified atom stereocenters. The average Bonchev–Trinajstić information content (AvgIpc) is 1.83. The van der Waals surface area contributed by atoms with Crippen molar-refractivity contribution in [2.45, 2.75) is 20.3 Å². The van der Waals surface area contributed by atoms with Gasteiger partial charge in [-0.25, -0.2) is 8.42 Å². The fourth-order valence-corrected chi connectivity index (χ4v) is 5.36. The Hall–Kier alpha value is -0.0500. The van der Waals surface area contributed by atoms with Gasteiger partial charge in [-0.2, -0.15) is 0 Å². The second kappa shape index (κ2) is 1.82. The lowest BCUT2D eigenvalue weighted by Crippen LogP contribution is -2.62. The van der Waals surface area contributed by atoms with Crippen LogP contribution in [0.4, 0.5) is 0 Å². The van der Waals surface area contributed by atoms with E-state index in [0.717, 1.165) is 0 Å². The van der Waals surface area contributed by atoms with E-state index in [9.17, 15) is 8.42 Å². The molecule has 2 aliphatic rings. The molecule has 1 saturated carbocycles. The highest BCUT2D eigenvalue weighted by molar-refractivity contribution is 7.92. The van der Waals surface area contributed by atoms with Crippen molar-refractivity contribution in [3.05, 3.63) is 0 Å². The van der Waals surface area contributed by atoms with Crippen LogP contribution in [0.15, 0.2) is 0 Å². The quantitative estimate of drug-likeness (QED) is 0.550. The van der Waals surface area contributed by atoms with Crippen molar-refractivity contribution in [3.8, 4) is 0 Å². The van der Waals surface area contributed by atoms with Gasteiger partial charge in [0.2, 0.25) is 0 Å². The largest absolute Gasteiger partial charge is 0.229 e. The normalized spacial score (nSPS) is 44.5. The summed E-state index contributed by atoms with van der Waals surface area (Å²) in [5.41, 5.74) is 0.207. The summed E-state index contributed by atoms with van der Waals surface area (Å²) < 4.78 is 22.0. The summed E-state index contributed by atoms with van der Waals surface area (Å²) in [5, 5.41) is 0. The molecule has 0 aromatic carbocycles. The first-order valence-corrected chi connectivity index (χ1v) is 5.99. The number of rotatable bonds is 0. The predicted molar refractivity (Wildman–Crippen MR) is 44.0 cm³/mol. The lowest BCUT2D eigenvalue weighted by molar-refractivity contribution is -0.00217. The van der Waals surface area contributed by atoms with Gasteiger partial charge in [0.05, 0.1) is 11.5 Å². The summed E-state index contributed by atoms with van der Waals surface area (Å²) in [7, 11) is -2.62. The molecule has 2 nitrogen and oxygen atoms in total. The smallest absolute Gasteiger partial charge is 0.151 e. The van der Waals surface area contributed by atoms with Gasteiger partial charge in [0.1, 0.15) is 0 Å². The Morgan fingerprint density at radius 2 is 1.64 bits per heavy atom. The van der Waals surface area contributed by atoms with Crippen LogP contribution in [0.5, 0.6) is 0 Å². The molecule has 0 N–H and O–H groups in total. The van der Waals surface area contributed by atoms with Gasteiger partial charge in [0.25, 0.3) is 0 Å². The van der Waals surface area contributed by atoms with E-state index in [2.05, 4.69) is 13.8 Å². The molecule has 1 spiro atoms. The van der Waals surface area contributed by atoms with Gasteiger partial charge < -0.3 is 0 Å². The van der Waals surface area contributed by atoms with Crippen LogP contribution in [0.25, 0.3) is 0 Å². The SMILES string of the molecule is CC1CC(C)C12CS(=O)(=O)C2. The highest BCUT2D eigenvalue weighted by Gasteiger charge is 2.60. The van der Waals surface area contributed by atoms with Crippen LogP contribution in [-0.4, -0.2) is 19.9 Å². The van der Waals surface area contributed by atoms with Gasteiger partial charge in [0.15, 0.2) is 9.84 Å². The molecule has 1 aliphatic heterocycles. The molecule has 11 heavy (non-hydrogen) atoms. The molecule has 1 heterocycles. The molecular weight excluding hydrogens is 160 g/mol. The van der Waals surface area contributed by atoms with Crippen LogP contribution in [0.2, 0.25) is 0 Å². The van der Waals surface area contributed by atoms with E-state index in [1.807, 2.05) is 0 Å². The zero-order valence-electron chi connectivity index (χ0n) is 7.00. The molecular formula is C8H14O2S. The lowest BCUT2D eigenvalue weighted by Gasteiger charge is -2.58. The summed E-state index contributed by atoms with van der Waals surface area (Å²) in [6.07, 6.45) is 1.22. The molecule has 1 aliphatic carbocycles. The van der Waals surface area contributed by atoms with E-state index < -0.39 is 9.84 Å². The van der Waals surface area contributed by atoms with Crippen LogP contribution < -0.4 is 0 Å². The minimum atomic E-state index is -2.62. The van der Waals surface area contributed by atoms with Gasteiger partial charge in [0, 0.05) is 5.41 Å². The van der Waals surface area contributed by atoms with E-state index in [4.69, 9.17) is 0 Å². The Morgan fingerprint density at radius 3 is 1.82 bits per heavy atom. The highest BCUT2D eigenvalue weighted by atomic mass is 32.2. The third-order valence-electron chi connectivity index (χ3n) is 3.65. The second-order valence-electron chi connectivity index (χ2n) is 4.30. The molecule has 0 aromatic heterocycles. The fourth-order valence-electron chi connectivity index (χ4n) is 2.67. The van der Waals surface area contributed by atoms with Gasteiger partial charge in [-0.15, -0.1) is 0 Å². The first-order chi connectivity index (χ1) is 4.96. The Morgan fingerprint density at radius 1 is 1.18 bits per heavy atom. The Bertz CT molecular complexity index is 256. The van der Waals surface area contributed by atoms with Crippen molar-refractivity contribution in [2.24, 2.45) is 17.3 Å². The van der Waals surface area contributed by atoms with Crippen molar-refractivity contribution < 1.29 is 8.42 Å². The van der Waals surface area contributed by atoms with Crippen LogP contribution in [0.3, 0.4) is 0 Å². The van der Waals surface area contributed by atoms with E-state index in [-0.39, 0.29) is 5.41 Å². The molecule has 1 saturated heterocycles. The van der Waals surface area contributed by atoms with Crippen LogP contribution in [0, 0.1) is 17.3 Å². The average molecular weight is 174 g/mol. The predicted octanol–water partition coefficient (Wildman–Crippen LogP) is 1.08. The van der Waals surface area contributed by atoms with Crippen LogP contribution >= 0.6 is 0 Å². The Kier molecular flexibility index (Phi) is 1.25. The molecule has 0 amide bonds. The summed E-state index contributed by atoms with van der Waals surface area (Å²) in [6.45, 7) is 4.35. The second-order valence-corrected chi connectivity index (χ2v) is 6.37. The minimum Gasteiger partial charge on any atom is -0.229 e. The Labute approximate surface area is 67.9 Å². The summed E-state index contributed by atoms with van der Waals surface area (Å²) in [5.74, 6) is 2.20. The third-order valence-corrected chi connectivity index (χ3v) is 5.60. The van der Waals surface area contributed by atoms with Gasteiger partial charge >= 0.3 is 0 Å². The molecule has 3 heteroatoms. The van der Waals surface area contributed by atoms with Crippen molar-refractivity contribution >= 4 is 9.84 Å². The molecule has 2 fully saturated rings. The van der Waals surface area contributed by atoms with Crippen molar-refractivity contribution in [2.75, 3.05) is 11.5 Å². The molecule has 0 radical (unpaired) electrons. The van der Waals surface area contributed by atoms with Crippen LogP contribution in [0.1, 0.15) is 20.3 Å². The van der Waals surface area contributed by atoms with Crippen molar-refractivity contribution in [1.29, 1.82) is 0 Å². The van der Waals surface area contributed by atoms with E-state index in [1.165, 1.54) is 6.42 Å². The zero-order chi connectivity index (χ0) is 8.28. The summed E-state index contributed by atoms with van der Waals surface area (Å²) >= 11 is 0. The first-order valence-electron chi connectivity index (χ1n) is 4.17. The maximum atomic E-state index is 11.0. The summed E-state index contributed by atoms with van der Waals surface area (Å²) in [4.78, 5) is 0. The first kappa shape index (κ1) is 7.59. The number of hydrogen-bond acceptors (Lipinski definition) is 2. The Balaban J connectivity index is 2.17. The lowest BCUT2D eigenvalue weighted by atomic mass is 9.55. The van der Waals surface area contributed by atoms with Gasteiger partial charge in [-0.05, 0) is 18.3 Å². The number of sulfone groups is 1. The molecule has 0 bridgehead atoms. The highest BCUT2D eigenvalue weighted by Crippen LogP contribution is 2.57. The fraction of sp³-hybridized carbons (Fsp3) is 1.00. The van der Waals surface area contributed by atoms with E-state index in [1.54, 1.807) is 0 Å². The topological polar surface area (TPSA) is 34.1 Å². The minimum absolute atomic E-state index is 0.207. The molecule has 2 rings (SSSR count). The summed E-state index contributed by atoms with van der Waals surface area (Å²) in [6, 6.07) is 0. The monoisotopic (exact) mass is 174 g/mol. The zero-order valence-corrected chi connectivity index (χ0v) is 7.82.